The zero-order valence-corrected chi connectivity index (χ0v) is 40.1. The Morgan fingerprint density at radius 1 is 1.03 bits per heavy atom. The summed E-state index contributed by atoms with van der Waals surface area (Å²) in [7, 11) is 0. The molecule has 71 heavy (non-hydrogen) atoms. The molecule has 16 nitrogen and oxygen atoms in total. The highest BCUT2D eigenvalue weighted by Gasteiger charge is 2.58. The minimum absolute atomic E-state index is 0.0530. The molecule has 8 aliphatic rings. The van der Waals surface area contributed by atoms with Crippen LogP contribution >= 0.6 is 0 Å². The van der Waals surface area contributed by atoms with Crippen LogP contribution in [0.3, 0.4) is 0 Å². The second-order valence-corrected chi connectivity index (χ2v) is 21.3. The number of carbonyl (C=O) groups is 1. The second-order valence-electron chi connectivity index (χ2n) is 21.3. The Bertz CT molecular complexity index is 2980. The van der Waals surface area contributed by atoms with Gasteiger partial charge in [-0.2, -0.15) is 0 Å². The number of aliphatic hydroxyl groups is 5. The molecule has 8 N–H and O–H groups in total. The SMILES string of the molecule is CCC1C2=CC3=NC2=CN1c1c2c(cc4c(=O)cc(C)oc14)CC(OOCC(O)(Cc1ccc(O)c4ccc(O)cc14)C(O)C(O)C(O)CO)C1(CC=CC(C1)C1CNC(=O)C14CCCC(CCC3)C4)O2. The summed E-state index contributed by atoms with van der Waals surface area (Å²) in [6, 6.07) is 10.3. The van der Waals surface area contributed by atoms with Crippen LogP contribution in [0.5, 0.6) is 17.2 Å². The molecular formula is C55H63N3O13. The third-order valence-corrected chi connectivity index (χ3v) is 17.0. The molecule has 7 heterocycles. The number of benzene rings is 3. The topological polar surface area (TPSA) is 244 Å². The van der Waals surface area contributed by atoms with Crippen LogP contribution in [0.25, 0.3) is 21.7 Å². The number of allylic oxidation sites excluding steroid dienone is 2. The quantitative estimate of drug-likeness (QED) is 0.0519. The average Bonchev–Trinajstić information content (AvgIpc) is 4.00. The van der Waals surface area contributed by atoms with Gasteiger partial charge < -0.3 is 55.1 Å². The molecule has 2 fully saturated rings. The largest absolute Gasteiger partial charge is 0.508 e. The number of aliphatic hydroxyl groups excluding tert-OH is 4. The lowest BCUT2D eigenvalue weighted by atomic mass is 9.58. The maximum absolute atomic E-state index is 14.2. The van der Waals surface area contributed by atoms with Crippen LogP contribution in [0.4, 0.5) is 5.69 Å². The van der Waals surface area contributed by atoms with E-state index in [0.29, 0.717) is 75.4 Å². The predicted molar refractivity (Wildman–Crippen MR) is 263 cm³/mol. The molecule has 1 aromatic heterocycles. The van der Waals surface area contributed by atoms with Gasteiger partial charge >= 0.3 is 0 Å². The van der Waals surface area contributed by atoms with Gasteiger partial charge in [0.15, 0.2) is 16.8 Å². The molecule has 3 aromatic carbocycles. The van der Waals surface area contributed by atoms with Crippen LogP contribution in [0.15, 0.2) is 92.4 Å². The molecule has 11 atom stereocenters. The fourth-order valence-electron chi connectivity index (χ4n) is 13.4. The second kappa shape index (κ2) is 18.2. The number of rotatable bonds is 11. The number of hydrogen-bond acceptors (Lipinski definition) is 15. The molecule has 2 spiro atoms. The van der Waals surface area contributed by atoms with Gasteiger partial charge in [-0.25, -0.2) is 9.78 Å². The molecule has 1 amide bonds. The molecule has 6 aliphatic heterocycles. The van der Waals surface area contributed by atoms with Crippen molar-refractivity contribution < 1.29 is 59.5 Å². The number of aryl methyl sites for hydroxylation is 1. The molecule has 376 valence electrons. The fraction of sp³-hybridized carbons (Fsp3) is 0.509. The summed E-state index contributed by atoms with van der Waals surface area (Å²) in [5.74, 6) is 1.04. The Hall–Kier alpha value is -5.59. The van der Waals surface area contributed by atoms with Crippen molar-refractivity contribution >= 4 is 39.0 Å². The highest BCUT2D eigenvalue weighted by Crippen LogP contribution is 2.57. The molecule has 16 heteroatoms. The van der Waals surface area contributed by atoms with Crippen LogP contribution < -0.4 is 20.4 Å². The van der Waals surface area contributed by atoms with Gasteiger partial charge in [0.25, 0.3) is 0 Å². The molecule has 4 aromatic rings. The van der Waals surface area contributed by atoms with Gasteiger partial charge in [-0.1, -0.05) is 44.4 Å². The Morgan fingerprint density at radius 2 is 1.86 bits per heavy atom. The maximum atomic E-state index is 14.2. The van der Waals surface area contributed by atoms with E-state index in [4.69, 9.17) is 23.9 Å². The normalized spacial score (nSPS) is 29.8. The number of aromatic hydroxyl groups is 2. The molecule has 1 saturated heterocycles. The zero-order valence-electron chi connectivity index (χ0n) is 40.1. The van der Waals surface area contributed by atoms with Gasteiger partial charge in [-0.3, -0.25) is 14.6 Å². The van der Waals surface area contributed by atoms with E-state index in [2.05, 4.69) is 35.4 Å². The molecule has 9 bridgehead atoms. The van der Waals surface area contributed by atoms with E-state index < -0.39 is 60.7 Å². The fourth-order valence-corrected chi connectivity index (χ4v) is 13.4. The first-order valence-corrected chi connectivity index (χ1v) is 25.3. The van der Waals surface area contributed by atoms with Crippen molar-refractivity contribution in [2.24, 2.45) is 28.2 Å². The zero-order chi connectivity index (χ0) is 49.6. The number of amides is 1. The highest BCUT2D eigenvalue weighted by molar-refractivity contribution is 6.02. The van der Waals surface area contributed by atoms with Crippen LogP contribution in [0.1, 0.15) is 88.0 Å². The van der Waals surface area contributed by atoms with Crippen LogP contribution in [0, 0.1) is 30.1 Å². The van der Waals surface area contributed by atoms with E-state index in [0.717, 1.165) is 68.3 Å². The van der Waals surface area contributed by atoms with Crippen molar-refractivity contribution in [2.75, 3.05) is 24.7 Å². The van der Waals surface area contributed by atoms with E-state index in [1.54, 1.807) is 13.0 Å². The molecule has 0 radical (unpaired) electrons. The first-order chi connectivity index (χ1) is 34.1. The number of ether oxygens (including phenoxy) is 1. The van der Waals surface area contributed by atoms with Gasteiger partial charge in [-0.15, -0.1) is 0 Å². The summed E-state index contributed by atoms with van der Waals surface area (Å²) in [5.41, 5.74) is 0.564. The number of phenols is 2. The van der Waals surface area contributed by atoms with Gasteiger partial charge in [0.1, 0.15) is 65.2 Å². The number of hydrogen-bond donors (Lipinski definition) is 8. The number of phenolic OH excluding ortho intramolecular Hbond substituents is 2. The Morgan fingerprint density at radius 3 is 2.68 bits per heavy atom. The lowest BCUT2D eigenvalue weighted by Crippen LogP contribution is -2.58. The standard InChI is InChI=1S/C55H63N3O13/c1-3-42-38-20-34-10-4-7-30-8-5-15-53(22-30)40(25-56-52(53)66)32-9-6-16-55(24-32)46(19-33-18-39-44(62)17-29(2)69-50(39)47(49(33)70-55)58(42)26-41(38)57-34)71-68-28-54(67,51(65)48(64)45(63)27-59)23-31-11-14-43(61)36-13-12-35(60)21-37(31)36/h6,9,11-14,17-18,20-21,26,30,32,40,42,45-46,48,51,59-61,63-65,67H,3-5,7-8,10,15-16,19,22-25,27-28H2,1-2H3,(H,56,66). The third kappa shape index (κ3) is 8.06. The molecule has 11 unspecified atom stereocenters. The first kappa shape index (κ1) is 47.7. The van der Waals surface area contributed by atoms with Crippen LogP contribution in [-0.2, 0) is 27.4 Å². The van der Waals surface area contributed by atoms with Crippen molar-refractivity contribution in [3.8, 4) is 17.2 Å². The van der Waals surface area contributed by atoms with E-state index in [9.17, 15) is 45.3 Å². The Kier molecular flexibility index (Phi) is 12.2. The summed E-state index contributed by atoms with van der Waals surface area (Å²) in [6.07, 6.45) is 9.22. The van der Waals surface area contributed by atoms with Gasteiger partial charge in [0.05, 0.1) is 29.1 Å². The number of aliphatic imine (C=N–C) groups is 1. The van der Waals surface area contributed by atoms with Crippen molar-refractivity contribution in [3.05, 3.63) is 105 Å². The Balaban J connectivity index is 1.02. The van der Waals surface area contributed by atoms with Crippen molar-refractivity contribution in [1.29, 1.82) is 0 Å². The van der Waals surface area contributed by atoms with Crippen LogP contribution in [-0.4, -0.2) is 109 Å². The predicted octanol–water partition coefficient (Wildman–Crippen LogP) is 5.60. The summed E-state index contributed by atoms with van der Waals surface area (Å²) < 4.78 is 14.1. The van der Waals surface area contributed by atoms with Gasteiger partial charge in [0, 0.05) is 60.3 Å². The first-order valence-electron chi connectivity index (χ1n) is 25.3. The van der Waals surface area contributed by atoms with Gasteiger partial charge in [0.2, 0.25) is 5.91 Å². The molecule has 12 rings (SSSR count). The average molecular weight is 974 g/mol. The van der Waals surface area contributed by atoms with E-state index >= 15 is 0 Å². The lowest BCUT2D eigenvalue weighted by Gasteiger charge is -2.50. The number of nitrogens with one attached hydrogen (secondary N) is 1. The van der Waals surface area contributed by atoms with Crippen molar-refractivity contribution in [2.45, 2.75) is 133 Å². The van der Waals surface area contributed by atoms with Crippen molar-refractivity contribution in [3.63, 3.8) is 0 Å². The summed E-state index contributed by atoms with van der Waals surface area (Å²) in [4.78, 5) is 48.2. The molecule has 2 aliphatic carbocycles. The number of nitrogens with zero attached hydrogens (tertiary/aromatic N) is 2. The smallest absolute Gasteiger partial charge is 0.226 e. The van der Waals surface area contributed by atoms with Gasteiger partial charge in [-0.05, 0) is 111 Å². The number of anilines is 1. The van der Waals surface area contributed by atoms with Crippen molar-refractivity contribution in [1.82, 2.24) is 5.32 Å². The third-order valence-electron chi connectivity index (χ3n) is 17.0. The molecular weight excluding hydrogens is 911 g/mol. The minimum atomic E-state index is -2.42. The van der Waals surface area contributed by atoms with E-state index in [1.165, 1.54) is 36.4 Å². The summed E-state index contributed by atoms with van der Waals surface area (Å²) >= 11 is 0. The summed E-state index contributed by atoms with van der Waals surface area (Å²) in [5, 5.41) is 81.0. The van der Waals surface area contributed by atoms with E-state index in [-0.39, 0.29) is 47.1 Å². The number of fused-ring (bicyclic) bond motifs is 4. The van der Waals surface area contributed by atoms with Crippen LogP contribution in [0.2, 0.25) is 0 Å². The monoisotopic (exact) mass is 973 g/mol. The summed E-state index contributed by atoms with van der Waals surface area (Å²) in [6.45, 7) is 2.68. The Labute approximate surface area is 410 Å². The number of carbonyl (C=O) groups excluding carboxylic acids is 1. The molecule has 1 saturated carbocycles. The minimum Gasteiger partial charge on any atom is -0.508 e. The highest BCUT2D eigenvalue weighted by atomic mass is 17.2. The lowest BCUT2D eigenvalue weighted by molar-refractivity contribution is -0.373. The maximum Gasteiger partial charge on any atom is 0.226 e. The van der Waals surface area contributed by atoms with E-state index in [1.807, 2.05) is 6.20 Å².